The molecule has 0 aliphatic carbocycles. The average Bonchev–Trinajstić information content (AvgIpc) is 2.34. The molecule has 0 saturated heterocycles. The van der Waals surface area contributed by atoms with Gasteiger partial charge in [-0.25, -0.2) is 0 Å². The summed E-state index contributed by atoms with van der Waals surface area (Å²) < 4.78 is 0. The Labute approximate surface area is 133 Å². The first-order valence-electron chi connectivity index (χ1n) is 7.53. The Bertz CT molecular complexity index is 645. The van der Waals surface area contributed by atoms with Gasteiger partial charge in [-0.05, 0) is 35.1 Å². The van der Waals surface area contributed by atoms with Gasteiger partial charge in [0.1, 0.15) is 0 Å². The van der Waals surface area contributed by atoms with E-state index in [0.29, 0.717) is 0 Å². The van der Waals surface area contributed by atoms with E-state index in [9.17, 15) is 0 Å². The average molecular weight is 304 g/mol. The van der Waals surface area contributed by atoms with E-state index in [0.717, 1.165) is 21.6 Å². The highest BCUT2D eigenvalue weighted by atomic mass is 35.5. The normalized spacial score (nSPS) is 13.7. The first kappa shape index (κ1) is 16.3. The van der Waals surface area contributed by atoms with Crippen LogP contribution in [0.5, 0.6) is 0 Å². The summed E-state index contributed by atoms with van der Waals surface area (Å²) in [5.74, 6) is 0. The molecular formula is C19H26ClN. The standard InChI is InChI=1S/C19H26ClN/c1-17(2,3)19(7,18(4,5)6)16-11-8-13-12-14(20)9-10-15(13)21-16/h8-12H,1-7H3. The van der Waals surface area contributed by atoms with E-state index in [2.05, 4.69) is 60.6 Å². The number of halogens is 1. The maximum absolute atomic E-state index is 6.07. The first-order valence-corrected chi connectivity index (χ1v) is 7.91. The lowest BCUT2D eigenvalue weighted by Crippen LogP contribution is -2.48. The number of hydrogen-bond acceptors (Lipinski definition) is 1. The summed E-state index contributed by atoms with van der Waals surface area (Å²) in [5, 5.41) is 1.85. The van der Waals surface area contributed by atoms with Crippen LogP contribution in [0.1, 0.15) is 54.2 Å². The van der Waals surface area contributed by atoms with Crippen LogP contribution in [0, 0.1) is 10.8 Å². The van der Waals surface area contributed by atoms with E-state index in [1.165, 1.54) is 0 Å². The van der Waals surface area contributed by atoms with Crippen LogP contribution in [0.4, 0.5) is 0 Å². The second kappa shape index (κ2) is 4.98. The minimum absolute atomic E-state index is 0.0339. The number of fused-ring (bicyclic) bond motifs is 1. The molecule has 0 N–H and O–H groups in total. The van der Waals surface area contributed by atoms with Gasteiger partial charge in [-0.3, -0.25) is 4.98 Å². The first-order chi connectivity index (χ1) is 9.47. The van der Waals surface area contributed by atoms with Gasteiger partial charge < -0.3 is 0 Å². The van der Waals surface area contributed by atoms with Crippen LogP contribution >= 0.6 is 11.6 Å². The van der Waals surface area contributed by atoms with Crippen LogP contribution in [0.2, 0.25) is 5.02 Å². The molecule has 1 aromatic heterocycles. The van der Waals surface area contributed by atoms with Gasteiger partial charge in [0.2, 0.25) is 0 Å². The zero-order chi connectivity index (χ0) is 16.1. The third-order valence-electron chi connectivity index (χ3n) is 5.16. The number of benzene rings is 1. The molecule has 1 nitrogen and oxygen atoms in total. The van der Waals surface area contributed by atoms with Crippen molar-refractivity contribution in [2.45, 2.75) is 53.9 Å². The molecule has 0 aliphatic heterocycles. The van der Waals surface area contributed by atoms with Gasteiger partial charge in [0, 0.05) is 21.5 Å². The summed E-state index contributed by atoms with van der Waals surface area (Å²) in [6, 6.07) is 10.2. The monoisotopic (exact) mass is 303 g/mol. The Morgan fingerprint density at radius 2 is 1.38 bits per heavy atom. The predicted octanol–water partition coefficient (Wildman–Crippen LogP) is 6.24. The van der Waals surface area contributed by atoms with Crippen molar-refractivity contribution in [3.63, 3.8) is 0 Å². The number of aromatic nitrogens is 1. The summed E-state index contributed by atoms with van der Waals surface area (Å²) in [6.07, 6.45) is 0. The lowest BCUT2D eigenvalue weighted by atomic mass is 9.53. The lowest BCUT2D eigenvalue weighted by Gasteiger charge is -2.51. The number of rotatable bonds is 1. The largest absolute Gasteiger partial charge is 0.252 e. The summed E-state index contributed by atoms with van der Waals surface area (Å²) in [5.41, 5.74) is 2.35. The van der Waals surface area contributed by atoms with Crippen molar-refractivity contribution in [1.29, 1.82) is 0 Å². The van der Waals surface area contributed by atoms with Gasteiger partial charge in [-0.2, -0.15) is 0 Å². The molecule has 1 aromatic carbocycles. The summed E-state index contributed by atoms with van der Waals surface area (Å²) in [4.78, 5) is 4.96. The quantitative estimate of drug-likeness (QED) is 0.608. The minimum atomic E-state index is -0.0339. The van der Waals surface area contributed by atoms with E-state index in [4.69, 9.17) is 16.6 Å². The van der Waals surface area contributed by atoms with Gasteiger partial charge in [-0.15, -0.1) is 0 Å². The van der Waals surface area contributed by atoms with E-state index < -0.39 is 0 Å². The van der Waals surface area contributed by atoms with E-state index in [-0.39, 0.29) is 16.2 Å². The van der Waals surface area contributed by atoms with Crippen molar-refractivity contribution in [2.75, 3.05) is 0 Å². The van der Waals surface area contributed by atoms with Crippen molar-refractivity contribution in [1.82, 2.24) is 4.98 Å². The number of hydrogen-bond donors (Lipinski definition) is 0. The molecule has 1 heterocycles. The highest BCUT2D eigenvalue weighted by Gasteiger charge is 2.48. The smallest absolute Gasteiger partial charge is 0.0706 e. The van der Waals surface area contributed by atoms with Gasteiger partial charge in [0.15, 0.2) is 0 Å². The van der Waals surface area contributed by atoms with Gasteiger partial charge >= 0.3 is 0 Å². The van der Waals surface area contributed by atoms with Crippen molar-refractivity contribution < 1.29 is 0 Å². The van der Waals surface area contributed by atoms with Gasteiger partial charge in [0.25, 0.3) is 0 Å². The third kappa shape index (κ3) is 2.68. The van der Waals surface area contributed by atoms with Crippen LogP contribution in [0.15, 0.2) is 30.3 Å². The summed E-state index contributed by atoms with van der Waals surface area (Å²) >= 11 is 6.07. The molecule has 0 radical (unpaired) electrons. The highest BCUT2D eigenvalue weighted by molar-refractivity contribution is 6.31. The molecule has 0 fully saturated rings. The second-order valence-electron chi connectivity index (χ2n) is 8.16. The molecule has 0 aliphatic rings. The van der Waals surface area contributed by atoms with Gasteiger partial charge in [-0.1, -0.05) is 66.1 Å². The topological polar surface area (TPSA) is 12.9 Å². The maximum atomic E-state index is 6.07. The molecule has 114 valence electrons. The molecule has 0 atom stereocenters. The fourth-order valence-corrected chi connectivity index (χ4v) is 3.45. The molecule has 2 aromatic rings. The Morgan fingerprint density at radius 3 is 1.90 bits per heavy atom. The SMILES string of the molecule is CC(C)(C)C(C)(c1ccc2cc(Cl)ccc2n1)C(C)(C)C. The van der Waals surface area contributed by atoms with Crippen molar-refractivity contribution in [3.05, 3.63) is 41.0 Å². The number of pyridine rings is 1. The Hall–Kier alpha value is -1.08. The predicted molar refractivity (Wildman–Crippen MR) is 93.0 cm³/mol. The maximum Gasteiger partial charge on any atom is 0.0706 e. The van der Waals surface area contributed by atoms with Gasteiger partial charge in [0.05, 0.1) is 5.52 Å². The molecule has 2 heteroatoms. The van der Waals surface area contributed by atoms with Crippen molar-refractivity contribution in [3.8, 4) is 0 Å². The highest BCUT2D eigenvalue weighted by Crippen LogP contribution is 2.52. The zero-order valence-corrected chi connectivity index (χ0v) is 15.0. The molecular weight excluding hydrogens is 278 g/mol. The molecule has 0 saturated carbocycles. The summed E-state index contributed by atoms with van der Waals surface area (Å²) in [6.45, 7) is 16.1. The molecule has 0 amide bonds. The summed E-state index contributed by atoms with van der Waals surface area (Å²) in [7, 11) is 0. The molecule has 0 bridgehead atoms. The van der Waals surface area contributed by atoms with E-state index in [1.54, 1.807) is 0 Å². The molecule has 0 unspecified atom stereocenters. The van der Waals surface area contributed by atoms with Crippen molar-refractivity contribution >= 4 is 22.5 Å². The van der Waals surface area contributed by atoms with Crippen LogP contribution < -0.4 is 0 Å². The molecule has 2 rings (SSSR count). The van der Waals surface area contributed by atoms with E-state index >= 15 is 0 Å². The van der Waals surface area contributed by atoms with E-state index in [1.807, 2.05) is 18.2 Å². The fraction of sp³-hybridized carbons (Fsp3) is 0.526. The van der Waals surface area contributed by atoms with Crippen LogP contribution in [-0.4, -0.2) is 4.98 Å². The van der Waals surface area contributed by atoms with Crippen LogP contribution in [0.3, 0.4) is 0 Å². The number of nitrogens with zero attached hydrogens (tertiary/aromatic N) is 1. The van der Waals surface area contributed by atoms with Crippen molar-refractivity contribution in [2.24, 2.45) is 10.8 Å². The third-order valence-corrected chi connectivity index (χ3v) is 5.40. The Balaban J connectivity index is 2.70. The Kier molecular flexibility index (Phi) is 3.87. The zero-order valence-electron chi connectivity index (χ0n) is 14.2. The second-order valence-corrected chi connectivity index (χ2v) is 8.59. The fourth-order valence-electron chi connectivity index (χ4n) is 3.27. The Morgan fingerprint density at radius 1 is 0.810 bits per heavy atom. The lowest BCUT2D eigenvalue weighted by molar-refractivity contribution is 0.0656. The molecule has 21 heavy (non-hydrogen) atoms. The molecule has 0 spiro atoms. The van der Waals surface area contributed by atoms with Crippen LogP contribution in [0.25, 0.3) is 10.9 Å². The van der Waals surface area contributed by atoms with Crippen LogP contribution in [-0.2, 0) is 5.41 Å². The minimum Gasteiger partial charge on any atom is -0.252 e.